The quantitative estimate of drug-likeness (QED) is 0.378. The summed E-state index contributed by atoms with van der Waals surface area (Å²) in [5, 5.41) is 9.06. The van der Waals surface area contributed by atoms with Gasteiger partial charge in [0.05, 0.1) is 10.6 Å². The van der Waals surface area contributed by atoms with Crippen LogP contribution in [-0.4, -0.2) is 27.7 Å². The van der Waals surface area contributed by atoms with Crippen LogP contribution in [0, 0.1) is 10.1 Å². The van der Waals surface area contributed by atoms with Crippen LogP contribution in [0.25, 0.3) is 0 Å². The molecule has 5 nitrogen and oxygen atoms in total. The Hall–Kier alpha value is -1.40. The fourth-order valence-electron chi connectivity index (χ4n) is 0.818. The highest BCUT2D eigenvalue weighted by Crippen LogP contribution is 1.98. The molecule has 0 unspecified atom stereocenters. The van der Waals surface area contributed by atoms with Gasteiger partial charge in [0.25, 0.3) is 0 Å². The van der Waals surface area contributed by atoms with Crippen molar-refractivity contribution in [3.63, 3.8) is 0 Å². The van der Waals surface area contributed by atoms with E-state index < -0.39 is 4.92 Å². The van der Waals surface area contributed by atoms with Gasteiger partial charge in [0.1, 0.15) is 0 Å². The molecule has 16 heavy (non-hydrogen) atoms. The number of pyridine rings is 1. The van der Waals surface area contributed by atoms with Crippen molar-refractivity contribution < 1.29 is 4.92 Å². The monoisotopic (exact) mass is 241 g/mol. The summed E-state index contributed by atoms with van der Waals surface area (Å²) in [7, 11) is 2.02. The molecule has 0 radical (unpaired) electrons. The van der Waals surface area contributed by atoms with Crippen LogP contribution < -0.4 is 0 Å². The van der Waals surface area contributed by atoms with Crippen molar-refractivity contribution in [1.29, 1.82) is 0 Å². The molecule has 0 fully saturated rings. The third-order valence-corrected chi connectivity index (χ3v) is 2.03. The van der Waals surface area contributed by atoms with Crippen LogP contribution in [-0.2, 0) is 6.54 Å². The Morgan fingerprint density at radius 3 is 2.69 bits per heavy atom. The molecule has 0 amide bonds. The summed E-state index contributed by atoms with van der Waals surface area (Å²) in [6.45, 7) is 3.73. The van der Waals surface area contributed by atoms with E-state index in [1.807, 2.05) is 31.4 Å². The molecule has 88 valence electrons. The van der Waals surface area contributed by atoms with Crippen molar-refractivity contribution in [2.24, 2.45) is 0 Å². The molecule has 1 aromatic heterocycles. The lowest BCUT2D eigenvalue weighted by Crippen LogP contribution is -2.15. The average Bonchev–Trinajstić information content (AvgIpc) is 2.31. The Balaban J connectivity index is 0.000000385. The van der Waals surface area contributed by atoms with Gasteiger partial charge >= 0.3 is 0 Å². The van der Waals surface area contributed by atoms with E-state index in [1.165, 1.54) is 0 Å². The summed E-state index contributed by atoms with van der Waals surface area (Å²) in [5.41, 5.74) is 1.09. The Labute approximate surface area is 100 Å². The molecule has 0 N–H and O–H groups in total. The Morgan fingerprint density at radius 1 is 1.69 bits per heavy atom. The lowest BCUT2D eigenvalue weighted by Gasteiger charge is -2.11. The van der Waals surface area contributed by atoms with Crippen LogP contribution in [0.15, 0.2) is 37.2 Å². The number of nitrogens with zero attached hydrogens (tertiary/aromatic N) is 3. The number of hydrogen-bond acceptors (Lipinski definition) is 5. The molecule has 0 spiro atoms. The van der Waals surface area contributed by atoms with Crippen LogP contribution >= 0.6 is 12.6 Å². The molecule has 0 aliphatic rings. The lowest BCUT2D eigenvalue weighted by atomic mass is 10.3. The summed E-state index contributed by atoms with van der Waals surface area (Å²) in [6.07, 6.45) is 2.45. The first kappa shape index (κ1) is 14.6. The molecule has 0 bridgehead atoms. The molecule has 6 heteroatoms. The highest BCUT2D eigenvalue weighted by Gasteiger charge is 1.96. The van der Waals surface area contributed by atoms with E-state index in [4.69, 9.17) is 10.1 Å². The normalized spacial score (nSPS) is 9.19. The van der Waals surface area contributed by atoms with Gasteiger partial charge in [-0.2, -0.15) is 12.6 Å². The largest absolute Gasteiger partial charge is 0.292 e. The highest BCUT2D eigenvalue weighted by molar-refractivity contribution is 7.80. The van der Waals surface area contributed by atoms with Crippen molar-refractivity contribution in [3.8, 4) is 0 Å². The molecular formula is C10H15N3O2S. The van der Waals surface area contributed by atoms with Gasteiger partial charge in [-0.3, -0.25) is 20.0 Å². The topological polar surface area (TPSA) is 59.3 Å². The Kier molecular flexibility index (Phi) is 8.10. The Morgan fingerprint density at radius 2 is 2.31 bits per heavy atom. The minimum absolute atomic E-state index is 0.611. The third kappa shape index (κ3) is 7.95. The number of thiol groups is 1. The first-order chi connectivity index (χ1) is 7.60. The molecule has 0 aromatic carbocycles. The molecule has 0 atom stereocenters. The molecule has 0 aliphatic carbocycles. The lowest BCUT2D eigenvalue weighted by molar-refractivity contribution is -0.401. The maximum absolute atomic E-state index is 9.06. The predicted octanol–water partition coefficient (Wildman–Crippen LogP) is 1.81. The van der Waals surface area contributed by atoms with Crippen molar-refractivity contribution in [1.82, 2.24) is 9.88 Å². The van der Waals surface area contributed by atoms with Crippen molar-refractivity contribution in [2.75, 3.05) is 12.9 Å². The molecule has 0 saturated carbocycles. The van der Waals surface area contributed by atoms with Crippen LogP contribution in [0.3, 0.4) is 0 Å². The van der Waals surface area contributed by atoms with Crippen LogP contribution in [0.1, 0.15) is 5.69 Å². The fraction of sp³-hybridized carbons (Fsp3) is 0.300. The second kappa shape index (κ2) is 8.87. The van der Waals surface area contributed by atoms with Gasteiger partial charge in [-0.25, -0.2) is 0 Å². The molecular weight excluding hydrogens is 226 g/mol. The van der Waals surface area contributed by atoms with E-state index >= 15 is 0 Å². The van der Waals surface area contributed by atoms with E-state index in [0.29, 0.717) is 6.20 Å². The molecule has 0 saturated heterocycles. The summed E-state index contributed by atoms with van der Waals surface area (Å²) >= 11 is 4.14. The summed E-state index contributed by atoms with van der Waals surface area (Å²) in [6, 6.07) is 5.93. The second-order valence-corrected chi connectivity index (χ2v) is 3.23. The smallest absolute Gasteiger partial charge is 0.227 e. The van der Waals surface area contributed by atoms with Gasteiger partial charge in [-0.1, -0.05) is 6.07 Å². The number of rotatable bonds is 4. The second-order valence-electron chi connectivity index (χ2n) is 2.94. The van der Waals surface area contributed by atoms with E-state index in [0.717, 1.165) is 18.1 Å². The summed E-state index contributed by atoms with van der Waals surface area (Å²) < 4.78 is 0. The van der Waals surface area contributed by atoms with Crippen molar-refractivity contribution >= 4 is 12.6 Å². The van der Waals surface area contributed by atoms with E-state index in [9.17, 15) is 0 Å². The SMILES string of the molecule is C=C[N+](=O)[O-].CN(CS)Cc1ccccn1. The molecule has 0 aliphatic heterocycles. The van der Waals surface area contributed by atoms with E-state index in [-0.39, 0.29) is 0 Å². The van der Waals surface area contributed by atoms with Gasteiger partial charge in [-0.05, 0) is 25.8 Å². The zero-order valence-electron chi connectivity index (χ0n) is 9.11. The minimum atomic E-state index is -0.611. The van der Waals surface area contributed by atoms with E-state index in [1.54, 1.807) is 0 Å². The fourth-order valence-corrected chi connectivity index (χ4v) is 0.918. The third-order valence-electron chi connectivity index (χ3n) is 1.55. The maximum atomic E-state index is 9.06. The predicted molar refractivity (Wildman–Crippen MR) is 66.7 cm³/mol. The van der Waals surface area contributed by atoms with Gasteiger partial charge in [0, 0.05) is 18.6 Å². The standard InChI is InChI=1S/C8H12N2S.C2H3NO2/c1-10(7-11)6-8-4-2-3-5-9-8;1-2-3(4)5/h2-5,11H,6-7H2,1H3;2H,1H2. The zero-order chi connectivity index (χ0) is 12.4. The van der Waals surface area contributed by atoms with Gasteiger partial charge in [0.15, 0.2) is 0 Å². The molecule has 1 rings (SSSR count). The highest BCUT2D eigenvalue weighted by atomic mass is 32.1. The summed E-state index contributed by atoms with van der Waals surface area (Å²) in [4.78, 5) is 14.7. The first-order valence-electron chi connectivity index (χ1n) is 4.55. The molecule has 1 heterocycles. The van der Waals surface area contributed by atoms with Crippen LogP contribution in [0.2, 0.25) is 0 Å². The maximum Gasteiger partial charge on any atom is 0.227 e. The number of nitro groups is 1. The van der Waals surface area contributed by atoms with Crippen LogP contribution in [0.4, 0.5) is 0 Å². The van der Waals surface area contributed by atoms with E-state index in [2.05, 4.69) is 29.1 Å². The average molecular weight is 241 g/mol. The number of hydrogen-bond donors (Lipinski definition) is 1. The number of aromatic nitrogens is 1. The summed E-state index contributed by atoms with van der Waals surface area (Å²) in [5.74, 6) is 0.760. The zero-order valence-corrected chi connectivity index (χ0v) is 10.0. The van der Waals surface area contributed by atoms with Crippen molar-refractivity contribution in [3.05, 3.63) is 53.0 Å². The van der Waals surface area contributed by atoms with Crippen LogP contribution in [0.5, 0.6) is 0 Å². The Bertz CT molecular complexity index is 319. The molecule has 1 aromatic rings. The van der Waals surface area contributed by atoms with Gasteiger partial charge in [0.2, 0.25) is 6.20 Å². The van der Waals surface area contributed by atoms with Gasteiger partial charge in [-0.15, -0.1) is 0 Å². The first-order valence-corrected chi connectivity index (χ1v) is 5.18. The van der Waals surface area contributed by atoms with Gasteiger partial charge < -0.3 is 0 Å². The minimum Gasteiger partial charge on any atom is -0.292 e. The van der Waals surface area contributed by atoms with Crippen molar-refractivity contribution in [2.45, 2.75) is 6.54 Å².